The zero-order chi connectivity index (χ0) is 31.0. The van der Waals surface area contributed by atoms with Crippen molar-refractivity contribution in [3.8, 4) is 16.8 Å². The van der Waals surface area contributed by atoms with Crippen molar-refractivity contribution in [1.82, 2.24) is 9.13 Å². The SMILES string of the molecule is CCOC(=O)C1=C(C)N=c2s/c(=C\c3cc(C)n(-c4ccc(-c5ccccc5)cc4)c3C)c(=O)n2[C@H]1c1ccc(SC)cc1. The number of rotatable bonds is 7. The Kier molecular flexibility index (Phi) is 8.29. The van der Waals surface area contributed by atoms with E-state index in [9.17, 15) is 9.59 Å². The molecule has 0 saturated carbocycles. The molecule has 0 amide bonds. The van der Waals surface area contributed by atoms with Crippen LogP contribution < -0.4 is 14.9 Å². The van der Waals surface area contributed by atoms with Crippen LogP contribution in [0.2, 0.25) is 0 Å². The van der Waals surface area contributed by atoms with Gasteiger partial charge in [-0.3, -0.25) is 9.36 Å². The van der Waals surface area contributed by atoms with E-state index in [0.717, 1.165) is 38.7 Å². The fraction of sp³-hybridized carbons (Fsp3) is 0.194. The van der Waals surface area contributed by atoms with Crippen molar-refractivity contribution >= 4 is 35.1 Å². The topological polar surface area (TPSA) is 65.6 Å². The van der Waals surface area contributed by atoms with Gasteiger partial charge in [0.25, 0.3) is 5.56 Å². The molecule has 1 aliphatic rings. The number of benzene rings is 3. The van der Waals surface area contributed by atoms with Crippen LogP contribution in [0.4, 0.5) is 0 Å². The normalized spacial score (nSPS) is 14.8. The number of ether oxygens (including phenoxy) is 1. The molecule has 0 saturated heterocycles. The highest BCUT2D eigenvalue weighted by Gasteiger charge is 2.33. The molecule has 6 nitrogen and oxygen atoms in total. The molecule has 0 spiro atoms. The van der Waals surface area contributed by atoms with E-state index in [2.05, 4.69) is 60.9 Å². The Bertz CT molecular complexity index is 2070. The number of hydrogen-bond acceptors (Lipinski definition) is 6. The van der Waals surface area contributed by atoms with Gasteiger partial charge in [0.2, 0.25) is 0 Å². The summed E-state index contributed by atoms with van der Waals surface area (Å²) in [5.74, 6) is -0.455. The third kappa shape index (κ3) is 5.40. The molecule has 0 N–H and O–H groups in total. The number of nitrogens with zero attached hydrogens (tertiary/aromatic N) is 3. The molecule has 44 heavy (non-hydrogen) atoms. The highest BCUT2D eigenvalue weighted by Crippen LogP contribution is 2.32. The summed E-state index contributed by atoms with van der Waals surface area (Å²) in [7, 11) is 0. The van der Waals surface area contributed by atoms with Gasteiger partial charge in [-0.2, -0.15) is 0 Å². The molecule has 0 aliphatic carbocycles. The van der Waals surface area contributed by atoms with E-state index in [0.29, 0.717) is 20.6 Å². The van der Waals surface area contributed by atoms with Gasteiger partial charge in [-0.1, -0.05) is 65.9 Å². The van der Waals surface area contributed by atoms with Crippen molar-refractivity contribution < 1.29 is 9.53 Å². The minimum atomic E-state index is -0.626. The Labute approximate surface area is 264 Å². The van der Waals surface area contributed by atoms with Crippen molar-refractivity contribution in [3.63, 3.8) is 0 Å². The minimum absolute atomic E-state index is 0.181. The predicted octanol–water partition coefficient (Wildman–Crippen LogP) is 6.59. The summed E-state index contributed by atoms with van der Waals surface area (Å²) < 4.78 is 9.84. The highest BCUT2D eigenvalue weighted by atomic mass is 32.2. The van der Waals surface area contributed by atoms with Gasteiger partial charge in [0.05, 0.1) is 28.5 Å². The molecule has 5 aromatic rings. The van der Waals surface area contributed by atoms with Crippen LogP contribution in [0.5, 0.6) is 0 Å². The van der Waals surface area contributed by atoms with Gasteiger partial charge in [-0.05, 0) is 92.6 Å². The number of carbonyl (C=O) groups is 1. The van der Waals surface area contributed by atoms with Gasteiger partial charge in [-0.15, -0.1) is 11.8 Å². The average Bonchev–Trinajstić information content (AvgIpc) is 3.50. The summed E-state index contributed by atoms with van der Waals surface area (Å²) in [6, 6.07) is 28.3. The second-order valence-electron chi connectivity index (χ2n) is 10.7. The van der Waals surface area contributed by atoms with Crippen LogP contribution in [-0.2, 0) is 9.53 Å². The first-order chi connectivity index (χ1) is 21.3. The number of aryl methyl sites for hydroxylation is 1. The van der Waals surface area contributed by atoms with Crippen molar-refractivity contribution in [2.45, 2.75) is 38.6 Å². The predicted molar refractivity (Wildman–Crippen MR) is 179 cm³/mol. The van der Waals surface area contributed by atoms with Crippen LogP contribution in [-0.4, -0.2) is 28.0 Å². The molecule has 3 heterocycles. The lowest BCUT2D eigenvalue weighted by Gasteiger charge is -2.24. The molecular formula is C36H33N3O3S2. The lowest BCUT2D eigenvalue weighted by Crippen LogP contribution is -2.39. The molecule has 8 heteroatoms. The number of esters is 1. The van der Waals surface area contributed by atoms with Crippen LogP contribution in [0.3, 0.4) is 0 Å². The monoisotopic (exact) mass is 619 g/mol. The van der Waals surface area contributed by atoms with E-state index in [-0.39, 0.29) is 12.2 Å². The maximum Gasteiger partial charge on any atom is 0.338 e. The fourth-order valence-electron chi connectivity index (χ4n) is 5.80. The van der Waals surface area contributed by atoms with E-state index in [1.807, 2.05) is 61.7 Å². The lowest BCUT2D eigenvalue weighted by molar-refractivity contribution is -0.139. The Balaban J connectivity index is 1.44. The quantitative estimate of drug-likeness (QED) is 0.152. The van der Waals surface area contributed by atoms with E-state index in [1.54, 1.807) is 23.3 Å². The fourth-order valence-corrected chi connectivity index (χ4v) is 7.24. The van der Waals surface area contributed by atoms with Crippen LogP contribution in [0, 0.1) is 13.8 Å². The smallest absolute Gasteiger partial charge is 0.338 e. The summed E-state index contributed by atoms with van der Waals surface area (Å²) in [6.45, 7) is 7.97. The molecule has 2 aromatic heterocycles. The van der Waals surface area contributed by atoms with Gasteiger partial charge in [-0.25, -0.2) is 9.79 Å². The second-order valence-corrected chi connectivity index (χ2v) is 12.5. The lowest BCUT2D eigenvalue weighted by atomic mass is 9.96. The second kappa shape index (κ2) is 12.3. The molecule has 0 fully saturated rings. The van der Waals surface area contributed by atoms with E-state index >= 15 is 0 Å². The summed E-state index contributed by atoms with van der Waals surface area (Å²) in [6.07, 6.45) is 3.96. The first-order valence-electron chi connectivity index (χ1n) is 14.5. The number of thioether (sulfide) groups is 1. The third-order valence-corrected chi connectivity index (χ3v) is 9.66. The number of aromatic nitrogens is 2. The Morgan fingerprint density at radius 2 is 1.66 bits per heavy atom. The maximum absolute atomic E-state index is 14.1. The van der Waals surface area contributed by atoms with Crippen LogP contribution >= 0.6 is 23.1 Å². The van der Waals surface area contributed by atoms with Crippen LogP contribution in [0.25, 0.3) is 22.9 Å². The first kappa shape index (κ1) is 29.7. The van der Waals surface area contributed by atoms with Crippen LogP contribution in [0.1, 0.15) is 42.4 Å². The van der Waals surface area contributed by atoms with Crippen LogP contribution in [0.15, 0.2) is 111 Å². The number of hydrogen-bond donors (Lipinski definition) is 0. The standard InChI is InChI=1S/C36H33N3O3S2/c1-6-42-35(41)32-23(3)37-36-39(33(32)27-14-18-30(43-5)19-15-27)34(40)31(44-36)21-28-20-22(2)38(24(28)4)29-16-12-26(13-17-29)25-10-8-7-9-11-25/h7-21,33H,6H2,1-5H3/b31-21-/t33-/m0/s1. The third-order valence-electron chi connectivity index (χ3n) is 7.94. The number of fused-ring (bicyclic) bond motifs is 1. The summed E-state index contributed by atoms with van der Waals surface area (Å²) in [4.78, 5) is 33.7. The molecule has 3 aromatic carbocycles. The summed E-state index contributed by atoms with van der Waals surface area (Å²) >= 11 is 2.98. The number of thiazole rings is 1. The largest absolute Gasteiger partial charge is 0.463 e. The van der Waals surface area contributed by atoms with Crippen molar-refractivity contribution in [2.24, 2.45) is 4.99 Å². The molecular weight excluding hydrogens is 587 g/mol. The van der Waals surface area contributed by atoms with Gasteiger partial charge in [0, 0.05) is 22.0 Å². The van der Waals surface area contributed by atoms with E-state index < -0.39 is 12.0 Å². The number of carbonyl (C=O) groups excluding carboxylic acids is 1. The van der Waals surface area contributed by atoms with Crippen molar-refractivity contribution in [1.29, 1.82) is 0 Å². The van der Waals surface area contributed by atoms with Crippen molar-refractivity contribution in [3.05, 3.63) is 138 Å². The maximum atomic E-state index is 14.1. The van der Waals surface area contributed by atoms with Gasteiger partial charge in [0.15, 0.2) is 4.80 Å². The van der Waals surface area contributed by atoms with Crippen molar-refractivity contribution in [2.75, 3.05) is 12.9 Å². The molecule has 0 radical (unpaired) electrons. The number of allylic oxidation sites excluding steroid dienone is 1. The zero-order valence-corrected chi connectivity index (χ0v) is 27.0. The zero-order valence-electron chi connectivity index (χ0n) is 25.3. The van der Waals surface area contributed by atoms with Gasteiger partial charge >= 0.3 is 5.97 Å². The van der Waals surface area contributed by atoms with E-state index in [1.165, 1.54) is 16.9 Å². The molecule has 0 bridgehead atoms. The molecule has 1 atom stereocenters. The summed E-state index contributed by atoms with van der Waals surface area (Å²) in [5.41, 5.74) is 8.07. The minimum Gasteiger partial charge on any atom is -0.463 e. The molecule has 1 aliphatic heterocycles. The Morgan fingerprint density at radius 3 is 2.32 bits per heavy atom. The average molecular weight is 620 g/mol. The first-order valence-corrected chi connectivity index (χ1v) is 16.5. The Morgan fingerprint density at radius 1 is 0.977 bits per heavy atom. The molecule has 6 rings (SSSR count). The highest BCUT2D eigenvalue weighted by molar-refractivity contribution is 7.98. The van der Waals surface area contributed by atoms with E-state index in [4.69, 9.17) is 9.73 Å². The Hall–Kier alpha value is -4.40. The molecule has 222 valence electrons. The van der Waals surface area contributed by atoms with Gasteiger partial charge in [0.1, 0.15) is 0 Å². The summed E-state index contributed by atoms with van der Waals surface area (Å²) in [5, 5.41) is 0. The molecule has 0 unspecified atom stereocenters. The van der Waals surface area contributed by atoms with Gasteiger partial charge < -0.3 is 9.30 Å².